The molecule has 0 saturated heterocycles. The Hall–Kier alpha value is -3.26. The highest BCUT2D eigenvalue weighted by molar-refractivity contribution is 7.86. The van der Waals surface area contributed by atoms with Crippen molar-refractivity contribution in [2.75, 3.05) is 17.6 Å². The third-order valence-electron chi connectivity index (χ3n) is 8.04. The van der Waals surface area contributed by atoms with Crippen LogP contribution in [0.15, 0.2) is 77.4 Å². The molecule has 0 aromatic heterocycles. The van der Waals surface area contributed by atoms with Gasteiger partial charge in [-0.05, 0) is 61.6 Å². The van der Waals surface area contributed by atoms with Crippen molar-refractivity contribution in [2.45, 2.75) is 62.7 Å². The van der Waals surface area contributed by atoms with E-state index >= 15 is 0 Å². The number of nitrogens with one attached hydrogen (secondary N) is 1. The largest absolute Gasteiger partial charge is 0.481 e. The maximum atomic E-state index is 12.0. The zero-order valence-corrected chi connectivity index (χ0v) is 29.1. The molecule has 252 valence electrons. The second-order valence-corrected chi connectivity index (χ2v) is 15.7. The van der Waals surface area contributed by atoms with Gasteiger partial charge < -0.3 is 10.4 Å². The quantitative estimate of drug-likeness (QED) is 0.0672. The first-order chi connectivity index (χ1) is 22.0. The number of aliphatic carboxylic acids is 1. The van der Waals surface area contributed by atoms with Gasteiger partial charge in [-0.3, -0.25) is 13.9 Å². The lowest BCUT2D eigenvalue weighted by molar-refractivity contribution is -0.436. The molecule has 2 aromatic carbocycles. The standard InChI is InChI=1S/C33H36Cl2N2O8S2/c1-33(2)26-19-22(34)20-27(35)32(26)36-30(33)13-7-4-6-12-28-24(11-5-3-8-14-31(38)39)25-21-23(47(43,44)45)15-16-29(25)37(28)17-9-10-18-46(40,41)42/h4,6-7,11-13,15-16,19-21H,3,5,8-10,14,17-18H2,1-2H3,(H3,38,39,40,41,42,43,44,45)/p+1/b24-11+. The molecule has 0 atom stereocenters. The summed E-state index contributed by atoms with van der Waals surface area (Å²) in [5, 5.41) is 13.5. The molecular formula is C33H37Cl2N2O8S2+. The SMILES string of the molecule is CC1(C)\C(=C/C=C/C=C/C2=[N+](CCCCS(=O)(=O)O)c3ccc(S(=O)(=O)O)cc3/C2=C\CCCCC(=O)O)Nc2c(Cl)cc(Cl)cc21. The van der Waals surface area contributed by atoms with Gasteiger partial charge in [0.2, 0.25) is 11.4 Å². The minimum atomic E-state index is -4.50. The molecule has 0 radical (unpaired) electrons. The molecule has 2 aromatic rings. The Labute approximate surface area is 285 Å². The van der Waals surface area contributed by atoms with Crippen LogP contribution in [0.1, 0.15) is 63.5 Å². The first-order valence-corrected chi connectivity index (χ1v) is 18.8. The Morgan fingerprint density at radius 2 is 1.72 bits per heavy atom. The lowest BCUT2D eigenvalue weighted by atomic mass is 9.84. The van der Waals surface area contributed by atoms with Crippen molar-refractivity contribution in [1.82, 2.24) is 0 Å². The summed E-state index contributed by atoms with van der Waals surface area (Å²) in [5.74, 6) is -1.28. The number of rotatable bonds is 14. The highest BCUT2D eigenvalue weighted by Gasteiger charge is 2.36. The number of carboxylic acids is 1. The number of fused-ring (bicyclic) bond motifs is 2. The first-order valence-electron chi connectivity index (χ1n) is 14.9. The van der Waals surface area contributed by atoms with Crippen LogP contribution in [0.4, 0.5) is 11.4 Å². The van der Waals surface area contributed by atoms with Crippen LogP contribution >= 0.6 is 23.2 Å². The topological polar surface area (TPSA) is 161 Å². The van der Waals surface area contributed by atoms with E-state index in [1.165, 1.54) is 12.1 Å². The predicted molar refractivity (Wildman–Crippen MR) is 185 cm³/mol. The molecule has 0 bridgehead atoms. The Kier molecular flexibility index (Phi) is 11.6. The highest BCUT2D eigenvalue weighted by atomic mass is 35.5. The number of anilines is 1. The molecule has 0 amide bonds. The molecular weight excluding hydrogens is 687 g/mol. The van der Waals surface area contributed by atoms with Gasteiger partial charge in [0.05, 0.1) is 32.5 Å². The number of nitrogens with zero attached hydrogens (tertiary/aromatic N) is 1. The fraction of sp³-hybridized carbons (Fsp3) is 0.333. The lowest BCUT2D eigenvalue weighted by Crippen LogP contribution is -2.17. The Morgan fingerprint density at radius 3 is 2.40 bits per heavy atom. The van der Waals surface area contributed by atoms with E-state index in [2.05, 4.69) is 19.2 Å². The third kappa shape index (κ3) is 9.21. The molecule has 10 nitrogen and oxygen atoms in total. The van der Waals surface area contributed by atoms with Crippen molar-refractivity contribution in [3.05, 3.63) is 93.7 Å². The van der Waals surface area contributed by atoms with Crippen molar-refractivity contribution in [1.29, 1.82) is 0 Å². The summed E-state index contributed by atoms with van der Waals surface area (Å²) in [6.45, 7) is 4.49. The maximum absolute atomic E-state index is 12.0. The van der Waals surface area contributed by atoms with Crippen LogP contribution in [0, 0.1) is 0 Å². The van der Waals surface area contributed by atoms with Crippen molar-refractivity contribution >= 4 is 72.1 Å². The molecule has 47 heavy (non-hydrogen) atoms. The smallest absolute Gasteiger partial charge is 0.303 e. The summed E-state index contributed by atoms with van der Waals surface area (Å²) < 4.78 is 67.5. The normalized spacial score (nSPS) is 17.7. The molecule has 2 heterocycles. The van der Waals surface area contributed by atoms with Gasteiger partial charge in [0, 0.05) is 41.1 Å². The maximum Gasteiger partial charge on any atom is 0.303 e. The predicted octanol–water partition coefficient (Wildman–Crippen LogP) is 7.43. The van der Waals surface area contributed by atoms with E-state index < -0.39 is 32.0 Å². The summed E-state index contributed by atoms with van der Waals surface area (Å²) in [7, 11) is -8.63. The fourth-order valence-corrected chi connectivity index (χ4v) is 7.25. The Bertz CT molecular complexity index is 1940. The lowest BCUT2D eigenvalue weighted by Gasteiger charge is -2.20. The van der Waals surface area contributed by atoms with Crippen LogP contribution in [0.25, 0.3) is 5.57 Å². The Balaban J connectivity index is 1.68. The molecule has 0 saturated carbocycles. The van der Waals surface area contributed by atoms with Crippen LogP contribution in [-0.2, 0) is 30.4 Å². The van der Waals surface area contributed by atoms with Crippen LogP contribution in [0.2, 0.25) is 10.0 Å². The molecule has 2 aliphatic heterocycles. The minimum absolute atomic E-state index is 0.0271. The molecule has 0 spiro atoms. The van der Waals surface area contributed by atoms with Crippen LogP contribution in [0.3, 0.4) is 0 Å². The minimum Gasteiger partial charge on any atom is -0.481 e. The summed E-state index contributed by atoms with van der Waals surface area (Å²) in [5.41, 5.74) is 4.96. The summed E-state index contributed by atoms with van der Waals surface area (Å²) in [4.78, 5) is 10.7. The molecule has 0 fully saturated rings. The van der Waals surface area contributed by atoms with Crippen molar-refractivity contribution < 1.29 is 40.4 Å². The number of halogens is 2. The molecule has 0 unspecified atom stereocenters. The van der Waals surface area contributed by atoms with Gasteiger partial charge in [-0.15, -0.1) is 0 Å². The number of unbranched alkanes of at least 4 members (excludes halogenated alkanes) is 3. The summed E-state index contributed by atoms with van der Waals surface area (Å²) in [6, 6.07) is 7.86. The van der Waals surface area contributed by atoms with Crippen LogP contribution in [-0.4, -0.2) is 59.6 Å². The average molecular weight is 725 g/mol. The van der Waals surface area contributed by atoms with Gasteiger partial charge >= 0.3 is 5.97 Å². The average Bonchev–Trinajstić information content (AvgIpc) is 3.39. The molecule has 0 aliphatic carbocycles. The zero-order chi connectivity index (χ0) is 34.6. The van der Waals surface area contributed by atoms with Crippen molar-refractivity contribution in [3.8, 4) is 0 Å². The number of hydrogen-bond donors (Lipinski definition) is 4. The first kappa shape index (κ1) is 36.6. The van der Waals surface area contributed by atoms with E-state index in [1.54, 1.807) is 12.1 Å². The number of allylic oxidation sites excluding steroid dienone is 8. The summed E-state index contributed by atoms with van der Waals surface area (Å²) >= 11 is 12.7. The number of hydrogen-bond acceptors (Lipinski definition) is 6. The second-order valence-electron chi connectivity index (χ2n) is 11.8. The molecule has 14 heteroatoms. The monoisotopic (exact) mass is 723 g/mol. The van der Waals surface area contributed by atoms with E-state index in [-0.39, 0.29) is 23.2 Å². The van der Waals surface area contributed by atoms with E-state index in [0.29, 0.717) is 64.8 Å². The zero-order valence-electron chi connectivity index (χ0n) is 25.9. The van der Waals surface area contributed by atoms with Gasteiger partial charge in [-0.25, -0.2) is 0 Å². The number of benzene rings is 2. The van der Waals surface area contributed by atoms with Gasteiger partial charge in [0.1, 0.15) is 6.54 Å². The van der Waals surface area contributed by atoms with Gasteiger partial charge in [-0.2, -0.15) is 21.4 Å². The number of carbonyl (C=O) groups is 1. The second kappa shape index (κ2) is 14.9. The van der Waals surface area contributed by atoms with Crippen molar-refractivity contribution in [2.24, 2.45) is 0 Å². The molecule has 4 rings (SSSR count). The fourth-order valence-electron chi connectivity index (χ4n) is 5.64. The molecule has 2 aliphatic rings. The highest BCUT2D eigenvalue weighted by Crippen LogP contribution is 2.47. The van der Waals surface area contributed by atoms with E-state index in [1.807, 2.05) is 47.1 Å². The third-order valence-corrected chi connectivity index (χ3v) is 10.2. The van der Waals surface area contributed by atoms with Gasteiger partial charge in [0.15, 0.2) is 0 Å². The van der Waals surface area contributed by atoms with Crippen LogP contribution < -0.4 is 5.32 Å². The van der Waals surface area contributed by atoms with Crippen LogP contribution in [0.5, 0.6) is 0 Å². The van der Waals surface area contributed by atoms with E-state index in [0.717, 1.165) is 16.9 Å². The Morgan fingerprint density at radius 1 is 0.979 bits per heavy atom. The van der Waals surface area contributed by atoms with Crippen molar-refractivity contribution in [3.63, 3.8) is 0 Å². The number of carboxylic acid groups (broad SMARTS) is 1. The van der Waals surface area contributed by atoms with Gasteiger partial charge in [-0.1, -0.05) is 61.4 Å². The van der Waals surface area contributed by atoms with E-state index in [4.69, 9.17) is 28.3 Å². The van der Waals surface area contributed by atoms with Gasteiger partial charge in [0.25, 0.3) is 20.2 Å². The van der Waals surface area contributed by atoms with E-state index in [9.17, 15) is 30.7 Å². The summed E-state index contributed by atoms with van der Waals surface area (Å²) in [6.07, 6.45) is 13.4. The molecule has 4 N–H and O–H groups in total.